The van der Waals surface area contributed by atoms with Crippen LogP contribution in [0, 0.1) is 0 Å². The van der Waals surface area contributed by atoms with Crippen LogP contribution in [-0.4, -0.2) is 34.4 Å². The predicted octanol–water partition coefficient (Wildman–Crippen LogP) is 2.32. The zero-order valence-electron chi connectivity index (χ0n) is 11.0. The van der Waals surface area contributed by atoms with E-state index in [1.54, 1.807) is 18.2 Å². The number of anilines is 1. The highest BCUT2D eigenvalue weighted by atomic mass is 32.2. The van der Waals surface area contributed by atoms with Crippen molar-refractivity contribution in [3.8, 4) is 0 Å². The second kappa shape index (κ2) is 7.38. The van der Waals surface area contributed by atoms with Crippen LogP contribution in [0.2, 0.25) is 0 Å². The summed E-state index contributed by atoms with van der Waals surface area (Å²) < 4.78 is 28.5. The molecule has 0 aromatic heterocycles. The Bertz CT molecular complexity index is 457. The summed E-state index contributed by atoms with van der Waals surface area (Å²) in [6.45, 7) is 4.06. The monoisotopic (exact) mass is 271 g/mol. The predicted molar refractivity (Wildman–Crippen MR) is 73.8 cm³/mol. The molecule has 0 fully saturated rings. The Balaban J connectivity index is 2.48. The van der Waals surface area contributed by atoms with Crippen LogP contribution in [0.15, 0.2) is 29.2 Å². The van der Waals surface area contributed by atoms with E-state index in [9.17, 15) is 8.42 Å². The number of hydrogen-bond acceptors (Lipinski definition) is 4. The minimum Gasteiger partial charge on any atom is -0.382 e. The molecule has 102 valence electrons. The fourth-order valence-electron chi connectivity index (χ4n) is 1.54. The minimum atomic E-state index is -3.19. The summed E-state index contributed by atoms with van der Waals surface area (Å²) >= 11 is 0. The molecule has 0 aliphatic carbocycles. The van der Waals surface area contributed by atoms with Crippen LogP contribution in [0.5, 0.6) is 0 Å². The second-order valence-electron chi connectivity index (χ2n) is 4.16. The fourth-order valence-corrected chi connectivity index (χ4v) is 2.41. The number of ether oxygens (including phenoxy) is 1. The molecule has 1 aromatic carbocycles. The van der Waals surface area contributed by atoms with E-state index in [0.29, 0.717) is 23.7 Å². The Kier molecular flexibility index (Phi) is 6.15. The molecule has 0 heterocycles. The average molecular weight is 271 g/mol. The van der Waals surface area contributed by atoms with E-state index in [-0.39, 0.29) is 0 Å². The van der Waals surface area contributed by atoms with E-state index in [2.05, 4.69) is 12.2 Å². The molecule has 18 heavy (non-hydrogen) atoms. The van der Waals surface area contributed by atoms with Crippen molar-refractivity contribution in [1.82, 2.24) is 0 Å². The zero-order chi connectivity index (χ0) is 13.4. The molecule has 0 aliphatic rings. The lowest BCUT2D eigenvalue weighted by atomic mass is 10.3. The first-order chi connectivity index (χ1) is 8.55. The van der Waals surface area contributed by atoms with Gasteiger partial charge in [0.15, 0.2) is 9.84 Å². The molecule has 1 aromatic rings. The molecule has 0 saturated carbocycles. The lowest BCUT2D eigenvalue weighted by Gasteiger charge is -2.10. The highest BCUT2D eigenvalue weighted by Crippen LogP contribution is 2.19. The lowest BCUT2D eigenvalue weighted by Crippen LogP contribution is -2.12. The van der Waals surface area contributed by atoms with Crippen molar-refractivity contribution >= 4 is 15.5 Å². The summed E-state index contributed by atoms with van der Waals surface area (Å²) in [5.41, 5.74) is 0.638. The summed E-state index contributed by atoms with van der Waals surface area (Å²) in [6.07, 6.45) is 3.38. The van der Waals surface area contributed by atoms with Gasteiger partial charge in [-0.1, -0.05) is 25.5 Å². The number of benzene rings is 1. The highest BCUT2D eigenvalue weighted by Gasteiger charge is 2.11. The molecule has 0 saturated heterocycles. The summed E-state index contributed by atoms with van der Waals surface area (Å²) in [4.78, 5) is 0.332. The Morgan fingerprint density at radius 2 is 1.94 bits per heavy atom. The van der Waals surface area contributed by atoms with Crippen LogP contribution in [-0.2, 0) is 14.6 Å². The number of nitrogens with one attached hydrogen (secondary N) is 1. The maximum absolute atomic E-state index is 11.6. The van der Waals surface area contributed by atoms with Gasteiger partial charge in [-0.2, -0.15) is 0 Å². The number of sulfone groups is 1. The Hall–Kier alpha value is -1.07. The maximum atomic E-state index is 11.6. The second-order valence-corrected chi connectivity index (χ2v) is 6.15. The van der Waals surface area contributed by atoms with E-state index in [1.807, 2.05) is 6.07 Å². The van der Waals surface area contributed by atoms with Crippen molar-refractivity contribution in [3.63, 3.8) is 0 Å². The van der Waals surface area contributed by atoms with Crippen molar-refractivity contribution in [1.29, 1.82) is 0 Å². The molecule has 0 unspecified atom stereocenters. The number of rotatable bonds is 8. The van der Waals surface area contributed by atoms with Gasteiger partial charge in [0.25, 0.3) is 0 Å². The first-order valence-corrected chi connectivity index (χ1v) is 8.05. The molecular weight excluding hydrogens is 250 g/mol. The van der Waals surface area contributed by atoms with Gasteiger partial charge in [0.2, 0.25) is 0 Å². The molecule has 1 N–H and O–H groups in total. The van der Waals surface area contributed by atoms with Gasteiger partial charge in [-0.05, 0) is 18.6 Å². The van der Waals surface area contributed by atoms with Crippen molar-refractivity contribution in [2.75, 3.05) is 31.3 Å². The molecule has 0 amide bonds. The van der Waals surface area contributed by atoms with Crippen LogP contribution in [0.1, 0.15) is 19.8 Å². The molecule has 1 rings (SSSR count). The molecular formula is C13H21NO3S. The van der Waals surface area contributed by atoms with Gasteiger partial charge in [0.1, 0.15) is 0 Å². The Morgan fingerprint density at radius 1 is 1.22 bits per heavy atom. The van der Waals surface area contributed by atoms with Crippen molar-refractivity contribution < 1.29 is 13.2 Å². The van der Waals surface area contributed by atoms with Gasteiger partial charge in [-0.3, -0.25) is 0 Å². The molecule has 0 aliphatic heterocycles. The standard InChI is InChI=1S/C13H21NO3S/c1-3-4-10-17-11-9-14-12-7-5-6-8-13(12)18(2,15)16/h5-8,14H,3-4,9-11H2,1-2H3. The van der Waals surface area contributed by atoms with Crippen LogP contribution in [0.3, 0.4) is 0 Å². The average Bonchev–Trinajstić information content (AvgIpc) is 2.33. The number of para-hydroxylation sites is 1. The smallest absolute Gasteiger partial charge is 0.177 e. The largest absolute Gasteiger partial charge is 0.382 e. The highest BCUT2D eigenvalue weighted by molar-refractivity contribution is 7.90. The van der Waals surface area contributed by atoms with E-state index >= 15 is 0 Å². The normalized spacial score (nSPS) is 11.4. The summed E-state index contributed by atoms with van der Waals surface area (Å²) in [6, 6.07) is 6.91. The fraction of sp³-hybridized carbons (Fsp3) is 0.538. The van der Waals surface area contributed by atoms with Gasteiger partial charge in [0, 0.05) is 19.4 Å². The third-order valence-corrected chi connectivity index (χ3v) is 3.65. The minimum absolute atomic E-state index is 0.332. The topological polar surface area (TPSA) is 55.4 Å². The van der Waals surface area contributed by atoms with Gasteiger partial charge >= 0.3 is 0 Å². The van der Waals surface area contributed by atoms with Gasteiger partial charge in [0.05, 0.1) is 17.2 Å². The first kappa shape index (κ1) is 15.0. The Labute approximate surface area is 109 Å². The van der Waals surface area contributed by atoms with Crippen LogP contribution < -0.4 is 5.32 Å². The maximum Gasteiger partial charge on any atom is 0.177 e. The summed E-state index contributed by atoms with van der Waals surface area (Å²) in [5.74, 6) is 0. The van der Waals surface area contributed by atoms with E-state index < -0.39 is 9.84 Å². The van der Waals surface area contributed by atoms with E-state index in [0.717, 1.165) is 19.4 Å². The van der Waals surface area contributed by atoms with Crippen LogP contribution in [0.25, 0.3) is 0 Å². The molecule has 4 nitrogen and oxygen atoms in total. The lowest BCUT2D eigenvalue weighted by molar-refractivity contribution is 0.141. The number of unbranched alkanes of at least 4 members (excludes halogenated alkanes) is 1. The summed E-state index contributed by atoms with van der Waals surface area (Å²) in [5, 5.41) is 3.09. The quantitative estimate of drug-likeness (QED) is 0.737. The van der Waals surface area contributed by atoms with Gasteiger partial charge < -0.3 is 10.1 Å². The van der Waals surface area contributed by atoms with Crippen LogP contribution >= 0.6 is 0 Å². The summed E-state index contributed by atoms with van der Waals surface area (Å²) in [7, 11) is -3.19. The van der Waals surface area contributed by atoms with E-state index in [4.69, 9.17) is 4.74 Å². The molecule has 0 bridgehead atoms. The Morgan fingerprint density at radius 3 is 2.61 bits per heavy atom. The SMILES string of the molecule is CCCCOCCNc1ccccc1S(C)(=O)=O. The van der Waals surface area contributed by atoms with Gasteiger partial charge in [-0.25, -0.2) is 8.42 Å². The third kappa shape index (κ3) is 5.06. The number of hydrogen-bond donors (Lipinski definition) is 1. The molecule has 0 spiro atoms. The van der Waals surface area contributed by atoms with Gasteiger partial charge in [-0.15, -0.1) is 0 Å². The molecule has 0 radical (unpaired) electrons. The zero-order valence-corrected chi connectivity index (χ0v) is 11.8. The van der Waals surface area contributed by atoms with Crippen molar-refractivity contribution in [2.24, 2.45) is 0 Å². The molecule has 5 heteroatoms. The van der Waals surface area contributed by atoms with Crippen molar-refractivity contribution in [3.05, 3.63) is 24.3 Å². The van der Waals surface area contributed by atoms with Crippen LogP contribution in [0.4, 0.5) is 5.69 Å². The van der Waals surface area contributed by atoms with Crippen molar-refractivity contribution in [2.45, 2.75) is 24.7 Å². The third-order valence-electron chi connectivity index (χ3n) is 2.49. The molecule has 0 atom stereocenters. The van der Waals surface area contributed by atoms with E-state index in [1.165, 1.54) is 6.26 Å². The first-order valence-electron chi connectivity index (χ1n) is 6.16.